The zero-order valence-electron chi connectivity index (χ0n) is 28.2. The number of para-hydroxylation sites is 2. The fourth-order valence-corrected chi connectivity index (χ4v) is 6.67. The first-order valence-corrected chi connectivity index (χ1v) is 16.6. The van der Waals surface area contributed by atoms with Crippen LogP contribution in [0.5, 0.6) is 0 Å². The van der Waals surface area contributed by atoms with E-state index in [-0.39, 0.29) is 50.6 Å². The summed E-state index contributed by atoms with van der Waals surface area (Å²) in [6, 6.07) is 13.6. The van der Waals surface area contributed by atoms with E-state index in [4.69, 9.17) is 23.2 Å². The van der Waals surface area contributed by atoms with Crippen molar-refractivity contribution in [1.82, 2.24) is 0 Å². The highest BCUT2D eigenvalue weighted by Crippen LogP contribution is 2.41. The Morgan fingerprint density at radius 3 is 1.27 bits per heavy atom. The zero-order valence-corrected chi connectivity index (χ0v) is 29.7. The van der Waals surface area contributed by atoms with Crippen molar-refractivity contribution >= 4 is 69.1 Å². The summed E-state index contributed by atoms with van der Waals surface area (Å²) >= 11 is 13.2. The van der Waals surface area contributed by atoms with Gasteiger partial charge in [0, 0.05) is 27.7 Å². The number of rotatable bonds is 10. The number of hydrogen-bond acceptors (Lipinski definition) is 4. The van der Waals surface area contributed by atoms with Crippen molar-refractivity contribution in [2.75, 3.05) is 10.6 Å². The number of benzene rings is 4. The first kappa shape index (κ1) is 36.4. The number of anilines is 2. The van der Waals surface area contributed by atoms with Crippen molar-refractivity contribution in [3.63, 3.8) is 0 Å². The molecule has 0 aromatic heterocycles. The maximum Gasteiger partial charge on any atom is 0.337 e. The number of carboxylic acids is 2. The van der Waals surface area contributed by atoms with Gasteiger partial charge < -0.3 is 20.8 Å². The van der Waals surface area contributed by atoms with Gasteiger partial charge in [-0.2, -0.15) is 0 Å². The van der Waals surface area contributed by atoms with E-state index in [1.807, 2.05) is 91.8 Å². The summed E-state index contributed by atoms with van der Waals surface area (Å²) in [5.74, 6) is -4.41. The Balaban J connectivity index is 2.07. The summed E-state index contributed by atoms with van der Waals surface area (Å²) in [5, 5.41) is 25.3. The highest BCUT2D eigenvalue weighted by molar-refractivity contribution is 6.41. The molecule has 0 aliphatic heterocycles. The number of amides is 2. The van der Waals surface area contributed by atoms with Gasteiger partial charge in [0.15, 0.2) is 0 Å². The molecule has 0 heterocycles. The van der Waals surface area contributed by atoms with E-state index in [0.29, 0.717) is 11.4 Å². The molecule has 252 valence electrons. The Labute approximate surface area is 290 Å². The number of aromatic carboxylic acids is 2. The second-order valence-corrected chi connectivity index (χ2v) is 13.9. The van der Waals surface area contributed by atoms with Crippen molar-refractivity contribution in [3.8, 4) is 0 Å². The second-order valence-electron chi connectivity index (χ2n) is 13.1. The average molecular weight is 692 g/mol. The van der Waals surface area contributed by atoms with Crippen LogP contribution in [0.3, 0.4) is 0 Å². The Bertz CT molecular complexity index is 1910. The van der Waals surface area contributed by atoms with Crippen LogP contribution in [-0.4, -0.2) is 34.0 Å². The van der Waals surface area contributed by atoms with Crippen LogP contribution >= 0.6 is 23.2 Å². The Hall–Kier alpha value is -4.40. The molecule has 0 aliphatic rings. The van der Waals surface area contributed by atoms with Gasteiger partial charge in [0.2, 0.25) is 0 Å². The molecule has 0 bridgehead atoms. The van der Waals surface area contributed by atoms with Gasteiger partial charge in [-0.25, -0.2) is 9.59 Å². The lowest BCUT2D eigenvalue weighted by molar-refractivity contribution is 0.0684. The molecular formula is C38H40Cl2N2O6. The second kappa shape index (κ2) is 14.4. The minimum Gasteiger partial charge on any atom is -0.478 e. The standard InChI is InChI=1S/C38H40Cl2N2O6/c1-17(2)21-11-9-12-22(18(3)4)33(21)41-35(43)25-15-27(39)31(30-26(37(45)46)16-28(40)32(29(25)30)38(47)48)36(44)42-34-23(19(5)6)13-10-14-24(34)20(7)8/h9-20H,1-8H3,(H,41,43)(H,42,44)(H,45,46)(H,47,48). The molecule has 4 N–H and O–H groups in total. The summed E-state index contributed by atoms with van der Waals surface area (Å²) in [6.07, 6.45) is 0. The molecule has 8 nitrogen and oxygen atoms in total. The normalized spacial score (nSPS) is 11.5. The summed E-state index contributed by atoms with van der Waals surface area (Å²) < 4.78 is 0. The first-order chi connectivity index (χ1) is 22.5. The lowest BCUT2D eigenvalue weighted by Gasteiger charge is -2.23. The zero-order chi connectivity index (χ0) is 35.8. The number of carbonyl (C=O) groups excluding carboxylic acids is 2. The first-order valence-electron chi connectivity index (χ1n) is 15.8. The third kappa shape index (κ3) is 6.91. The lowest BCUT2D eigenvalue weighted by atomic mass is 9.89. The number of fused-ring (bicyclic) bond motifs is 1. The van der Waals surface area contributed by atoms with Crippen molar-refractivity contribution in [2.24, 2.45) is 0 Å². The summed E-state index contributed by atoms with van der Waals surface area (Å²) in [6.45, 7) is 15.9. The van der Waals surface area contributed by atoms with Crippen molar-refractivity contribution in [2.45, 2.75) is 79.1 Å². The topological polar surface area (TPSA) is 133 Å². The van der Waals surface area contributed by atoms with Gasteiger partial charge in [0.05, 0.1) is 26.7 Å². The average Bonchev–Trinajstić information content (AvgIpc) is 2.99. The van der Waals surface area contributed by atoms with Crippen LogP contribution in [0.1, 0.15) is 143 Å². The third-order valence-corrected chi connectivity index (χ3v) is 9.04. The van der Waals surface area contributed by atoms with Crippen LogP contribution in [0.4, 0.5) is 11.4 Å². The molecule has 0 unspecified atom stereocenters. The highest BCUT2D eigenvalue weighted by Gasteiger charge is 2.31. The molecule has 4 aromatic carbocycles. The van der Waals surface area contributed by atoms with Crippen molar-refractivity contribution in [3.05, 3.63) is 103 Å². The third-order valence-electron chi connectivity index (χ3n) is 8.45. The molecule has 0 saturated heterocycles. The molecule has 0 atom stereocenters. The van der Waals surface area contributed by atoms with E-state index in [0.717, 1.165) is 28.3 Å². The molecule has 0 radical (unpaired) electrons. The largest absolute Gasteiger partial charge is 0.478 e. The maximum atomic E-state index is 14.3. The van der Waals surface area contributed by atoms with E-state index < -0.39 is 39.9 Å². The molecule has 0 fully saturated rings. The van der Waals surface area contributed by atoms with Gasteiger partial charge in [-0.3, -0.25) is 9.59 Å². The molecule has 48 heavy (non-hydrogen) atoms. The molecule has 4 aromatic rings. The molecular weight excluding hydrogens is 651 g/mol. The predicted octanol–water partition coefficient (Wildman–Crippen LogP) is 10.5. The minimum absolute atomic E-state index is 0.0220. The quantitative estimate of drug-likeness (QED) is 0.131. The molecule has 0 aliphatic carbocycles. The predicted molar refractivity (Wildman–Crippen MR) is 193 cm³/mol. The number of halogens is 2. The van der Waals surface area contributed by atoms with E-state index in [9.17, 15) is 29.4 Å². The number of carboxylic acid groups (broad SMARTS) is 2. The summed E-state index contributed by atoms with van der Waals surface area (Å²) in [5.41, 5.74) is 2.98. The van der Waals surface area contributed by atoms with Crippen LogP contribution in [0.15, 0.2) is 48.5 Å². The van der Waals surface area contributed by atoms with Gasteiger partial charge in [-0.15, -0.1) is 0 Å². The molecule has 0 saturated carbocycles. The smallest absolute Gasteiger partial charge is 0.337 e. The maximum absolute atomic E-state index is 14.3. The van der Waals surface area contributed by atoms with E-state index >= 15 is 0 Å². The number of carbonyl (C=O) groups is 4. The Kier molecular flexibility index (Phi) is 10.9. The molecule has 2 amide bonds. The van der Waals surface area contributed by atoms with Gasteiger partial charge >= 0.3 is 11.9 Å². The van der Waals surface area contributed by atoms with Crippen LogP contribution < -0.4 is 10.6 Å². The van der Waals surface area contributed by atoms with Gasteiger partial charge in [-0.05, 0) is 58.1 Å². The highest BCUT2D eigenvalue weighted by atomic mass is 35.5. The fraction of sp³-hybridized carbons (Fsp3) is 0.316. The van der Waals surface area contributed by atoms with Crippen molar-refractivity contribution < 1.29 is 29.4 Å². The van der Waals surface area contributed by atoms with Crippen LogP contribution in [-0.2, 0) is 0 Å². The van der Waals surface area contributed by atoms with E-state index in [1.165, 1.54) is 6.07 Å². The molecule has 10 heteroatoms. The van der Waals surface area contributed by atoms with Gasteiger partial charge in [-0.1, -0.05) is 115 Å². The summed E-state index contributed by atoms with van der Waals surface area (Å²) in [4.78, 5) is 54.0. The van der Waals surface area contributed by atoms with Gasteiger partial charge in [0.25, 0.3) is 11.8 Å². The van der Waals surface area contributed by atoms with E-state index in [1.54, 1.807) is 0 Å². The monoisotopic (exact) mass is 690 g/mol. The van der Waals surface area contributed by atoms with Crippen LogP contribution in [0.25, 0.3) is 10.8 Å². The number of nitrogens with one attached hydrogen (secondary N) is 2. The summed E-state index contributed by atoms with van der Waals surface area (Å²) in [7, 11) is 0. The minimum atomic E-state index is -1.51. The molecule has 4 rings (SSSR count). The van der Waals surface area contributed by atoms with Crippen molar-refractivity contribution in [1.29, 1.82) is 0 Å². The van der Waals surface area contributed by atoms with E-state index in [2.05, 4.69) is 10.6 Å². The van der Waals surface area contributed by atoms with Gasteiger partial charge in [0.1, 0.15) is 0 Å². The lowest BCUT2D eigenvalue weighted by Crippen LogP contribution is -2.21. The fourth-order valence-electron chi connectivity index (χ4n) is 6.10. The Morgan fingerprint density at radius 1 is 0.542 bits per heavy atom. The number of hydrogen-bond donors (Lipinski definition) is 4. The Morgan fingerprint density at radius 2 is 0.896 bits per heavy atom. The van der Waals surface area contributed by atoms with Crippen LogP contribution in [0.2, 0.25) is 10.0 Å². The van der Waals surface area contributed by atoms with Crippen LogP contribution in [0, 0.1) is 0 Å². The SMILES string of the molecule is CC(C)c1cccc(C(C)C)c1NC(=O)c1cc(Cl)c(C(=O)Nc2c(C(C)C)cccc2C(C)C)c2c(C(=O)O)cc(Cl)c(C(=O)O)c12. The molecule has 0 spiro atoms.